The first-order valence-corrected chi connectivity index (χ1v) is 7.24. The first kappa shape index (κ1) is 15.0. The Kier molecular flexibility index (Phi) is 5.12. The van der Waals surface area contributed by atoms with Crippen molar-refractivity contribution in [1.29, 1.82) is 0 Å². The molecular weight excluding hydrogens is 257 g/mol. The second-order valence-electron chi connectivity index (χ2n) is 5.33. The Morgan fingerprint density at radius 3 is 2.80 bits per heavy atom. The third-order valence-corrected chi connectivity index (χ3v) is 3.92. The van der Waals surface area contributed by atoms with Gasteiger partial charge in [0, 0.05) is 6.04 Å². The average molecular weight is 279 g/mol. The predicted octanol–water partition coefficient (Wildman–Crippen LogP) is 3.00. The molecule has 2 rings (SSSR count). The number of nitrogens with zero attached hydrogens (tertiary/aromatic N) is 1. The smallest absolute Gasteiger partial charge is 0.309 e. The number of allylic oxidation sites excluding steroid dienone is 4. The monoisotopic (exact) mass is 279 g/mol. The summed E-state index contributed by atoms with van der Waals surface area (Å²) >= 11 is 0. The maximum absolute atomic E-state index is 13.3. The summed E-state index contributed by atoms with van der Waals surface area (Å²) in [6, 6.07) is 0.127. The zero-order valence-corrected chi connectivity index (χ0v) is 12.1. The molecule has 1 fully saturated rings. The number of carbonyl (C=O) groups excluding carboxylic acids is 1. The molecule has 0 aromatic carbocycles. The third-order valence-electron chi connectivity index (χ3n) is 3.92. The zero-order chi connectivity index (χ0) is 14.5. The van der Waals surface area contributed by atoms with Crippen molar-refractivity contribution >= 4 is 5.97 Å². The molecule has 110 valence electrons. The number of esters is 1. The van der Waals surface area contributed by atoms with Gasteiger partial charge in [0.1, 0.15) is 5.83 Å². The van der Waals surface area contributed by atoms with Crippen LogP contribution in [0.25, 0.3) is 0 Å². The molecule has 20 heavy (non-hydrogen) atoms. The van der Waals surface area contributed by atoms with Gasteiger partial charge in [-0.1, -0.05) is 12.2 Å². The van der Waals surface area contributed by atoms with Gasteiger partial charge < -0.3 is 4.74 Å². The molecule has 4 heteroatoms. The maximum Gasteiger partial charge on any atom is 0.309 e. The van der Waals surface area contributed by atoms with Crippen molar-refractivity contribution in [2.45, 2.75) is 32.7 Å². The Morgan fingerprint density at radius 1 is 1.45 bits per heavy atom. The predicted molar refractivity (Wildman–Crippen MR) is 76.8 cm³/mol. The molecule has 0 saturated carbocycles. The Morgan fingerprint density at radius 2 is 2.15 bits per heavy atom. The van der Waals surface area contributed by atoms with E-state index in [2.05, 4.69) is 4.90 Å². The number of carbonyl (C=O) groups is 1. The Balaban J connectivity index is 1.94. The van der Waals surface area contributed by atoms with Gasteiger partial charge in [-0.25, -0.2) is 4.39 Å². The van der Waals surface area contributed by atoms with Crippen LogP contribution in [0.5, 0.6) is 0 Å². The van der Waals surface area contributed by atoms with Crippen molar-refractivity contribution in [2.24, 2.45) is 5.92 Å². The molecule has 2 aliphatic rings. The quantitative estimate of drug-likeness (QED) is 0.744. The minimum atomic E-state index is -0.206. The topological polar surface area (TPSA) is 29.5 Å². The molecule has 0 bridgehead atoms. The van der Waals surface area contributed by atoms with Gasteiger partial charge >= 0.3 is 5.97 Å². The van der Waals surface area contributed by atoms with Crippen LogP contribution in [0.2, 0.25) is 0 Å². The van der Waals surface area contributed by atoms with E-state index >= 15 is 0 Å². The molecule has 1 atom stereocenters. The van der Waals surface area contributed by atoms with Gasteiger partial charge in [0.05, 0.1) is 12.5 Å². The molecule has 0 aromatic rings. The molecule has 3 nitrogen and oxygen atoms in total. The number of hydrogen-bond donors (Lipinski definition) is 0. The SMILES string of the molecule is CCOC(=O)C1CCN(C2C=CC=C(F)C=C2C)CC1. The van der Waals surface area contributed by atoms with Gasteiger partial charge in [0.15, 0.2) is 0 Å². The highest BCUT2D eigenvalue weighted by Gasteiger charge is 2.29. The molecule has 0 radical (unpaired) electrons. The van der Waals surface area contributed by atoms with E-state index in [1.165, 1.54) is 6.08 Å². The first-order chi connectivity index (χ1) is 9.61. The molecule has 0 spiro atoms. The van der Waals surface area contributed by atoms with Crippen LogP contribution in [0.3, 0.4) is 0 Å². The summed E-state index contributed by atoms with van der Waals surface area (Å²) in [6.45, 7) is 5.90. The third kappa shape index (κ3) is 3.57. The summed E-state index contributed by atoms with van der Waals surface area (Å²) in [5.74, 6) is -0.272. The van der Waals surface area contributed by atoms with Gasteiger partial charge in [-0.3, -0.25) is 9.69 Å². The van der Waals surface area contributed by atoms with Crippen LogP contribution in [0.15, 0.2) is 35.7 Å². The zero-order valence-electron chi connectivity index (χ0n) is 12.1. The van der Waals surface area contributed by atoms with Crippen LogP contribution in [0.4, 0.5) is 4.39 Å². The molecule has 0 amide bonds. The highest BCUT2D eigenvalue weighted by molar-refractivity contribution is 5.72. The Bertz CT molecular complexity index is 445. The molecule has 1 heterocycles. The minimum Gasteiger partial charge on any atom is -0.466 e. The molecule has 1 aliphatic carbocycles. The summed E-state index contributed by atoms with van der Waals surface area (Å²) in [6.07, 6.45) is 8.48. The van der Waals surface area contributed by atoms with Gasteiger partial charge in [-0.05, 0) is 57.5 Å². The molecule has 0 N–H and O–H groups in total. The van der Waals surface area contributed by atoms with E-state index in [9.17, 15) is 9.18 Å². The van der Waals surface area contributed by atoms with Gasteiger partial charge in [-0.2, -0.15) is 0 Å². The van der Waals surface area contributed by atoms with E-state index in [4.69, 9.17) is 4.74 Å². The van der Waals surface area contributed by atoms with E-state index in [-0.39, 0.29) is 23.8 Å². The molecule has 0 aromatic heterocycles. The first-order valence-electron chi connectivity index (χ1n) is 7.24. The second kappa shape index (κ2) is 6.84. The fourth-order valence-electron chi connectivity index (χ4n) is 2.84. The van der Waals surface area contributed by atoms with E-state index in [1.807, 2.05) is 19.9 Å². The van der Waals surface area contributed by atoms with E-state index < -0.39 is 0 Å². The van der Waals surface area contributed by atoms with Crippen molar-refractivity contribution in [3.8, 4) is 0 Å². The fourth-order valence-corrected chi connectivity index (χ4v) is 2.84. The van der Waals surface area contributed by atoms with Crippen LogP contribution < -0.4 is 0 Å². The van der Waals surface area contributed by atoms with Crippen molar-refractivity contribution in [3.05, 3.63) is 35.7 Å². The van der Waals surface area contributed by atoms with Crippen LogP contribution in [0, 0.1) is 5.92 Å². The average Bonchev–Trinajstić information content (AvgIpc) is 2.60. The van der Waals surface area contributed by atoms with Gasteiger partial charge in [0.2, 0.25) is 0 Å². The lowest BCUT2D eigenvalue weighted by Gasteiger charge is -2.35. The van der Waals surface area contributed by atoms with Crippen molar-refractivity contribution in [1.82, 2.24) is 4.90 Å². The van der Waals surface area contributed by atoms with Crippen LogP contribution in [-0.4, -0.2) is 36.6 Å². The second-order valence-corrected chi connectivity index (χ2v) is 5.33. The molecule has 1 aliphatic heterocycles. The molecule has 1 unspecified atom stereocenters. The number of rotatable bonds is 3. The summed E-state index contributed by atoms with van der Waals surface area (Å²) in [5, 5.41) is 0. The number of ether oxygens (including phenoxy) is 1. The van der Waals surface area contributed by atoms with E-state index in [0.29, 0.717) is 6.61 Å². The minimum absolute atomic E-state index is 0.0140. The lowest BCUT2D eigenvalue weighted by atomic mass is 9.94. The summed E-state index contributed by atoms with van der Waals surface area (Å²) in [7, 11) is 0. The van der Waals surface area contributed by atoms with Crippen molar-refractivity contribution < 1.29 is 13.9 Å². The van der Waals surface area contributed by atoms with Crippen LogP contribution >= 0.6 is 0 Å². The molecule has 1 saturated heterocycles. The normalized spacial score (nSPS) is 24.9. The lowest BCUT2D eigenvalue weighted by Crippen LogP contribution is -2.42. The van der Waals surface area contributed by atoms with Gasteiger partial charge in [0.25, 0.3) is 0 Å². The highest BCUT2D eigenvalue weighted by atomic mass is 19.1. The van der Waals surface area contributed by atoms with Gasteiger partial charge in [-0.15, -0.1) is 0 Å². The lowest BCUT2D eigenvalue weighted by molar-refractivity contribution is -0.149. The summed E-state index contributed by atoms with van der Waals surface area (Å²) < 4.78 is 18.4. The highest BCUT2D eigenvalue weighted by Crippen LogP contribution is 2.25. The fraction of sp³-hybridized carbons (Fsp3) is 0.562. The number of halogens is 1. The Hall–Kier alpha value is -1.42. The maximum atomic E-state index is 13.3. The van der Waals surface area contributed by atoms with E-state index in [1.54, 1.807) is 12.2 Å². The largest absolute Gasteiger partial charge is 0.466 e. The summed E-state index contributed by atoms with van der Waals surface area (Å²) in [5.41, 5.74) is 1.00. The van der Waals surface area contributed by atoms with Crippen LogP contribution in [-0.2, 0) is 9.53 Å². The molecular formula is C16H22FNO2. The Labute approximate surface area is 119 Å². The van der Waals surface area contributed by atoms with E-state index in [0.717, 1.165) is 31.5 Å². The number of likely N-dealkylation sites (tertiary alicyclic amines) is 1. The van der Waals surface area contributed by atoms with Crippen molar-refractivity contribution in [3.63, 3.8) is 0 Å². The number of hydrogen-bond acceptors (Lipinski definition) is 3. The van der Waals surface area contributed by atoms with Crippen LogP contribution in [0.1, 0.15) is 26.7 Å². The standard InChI is InChI=1S/C16H22FNO2/c1-3-20-16(19)13-7-9-18(10-8-13)15-6-4-5-14(17)11-12(15)2/h4-6,11,13,15H,3,7-10H2,1-2H3. The number of piperidine rings is 1. The summed E-state index contributed by atoms with van der Waals surface area (Å²) in [4.78, 5) is 14.0. The van der Waals surface area contributed by atoms with Crippen molar-refractivity contribution in [2.75, 3.05) is 19.7 Å².